The van der Waals surface area contributed by atoms with Crippen LogP contribution in [0.15, 0.2) is 48.7 Å². The number of hydrogen-bond acceptors (Lipinski definition) is 1. The molecule has 1 atom stereocenters. The zero-order valence-electron chi connectivity index (χ0n) is 12.0. The van der Waals surface area contributed by atoms with E-state index < -0.39 is 0 Å². The molecule has 1 N–H and O–H groups in total. The lowest BCUT2D eigenvalue weighted by molar-refractivity contribution is 0.521. The Hall–Kier alpha value is -1.54. The number of hydrogen-bond donors (Lipinski definition) is 1. The Labute approximate surface area is 116 Å². The molecule has 2 aromatic rings. The van der Waals surface area contributed by atoms with E-state index in [0.717, 1.165) is 19.5 Å². The molecule has 0 aliphatic heterocycles. The van der Waals surface area contributed by atoms with Crippen LogP contribution < -0.4 is 5.32 Å². The molecule has 0 radical (unpaired) electrons. The Morgan fingerprint density at radius 1 is 1.11 bits per heavy atom. The summed E-state index contributed by atoms with van der Waals surface area (Å²) in [5.41, 5.74) is 2.77. The van der Waals surface area contributed by atoms with Crippen LogP contribution in [-0.4, -0.2) is 10.6 Å². The van der Waals surface area contributed by atoms with Gasteiger partial charge in [0.2, 0.25) is 0 Å². The molecule has 2 heteroatoms. The molecule has 2 nitrogen and oxygen atoms in total. The molecule has 0 aliphatic carbocycles. The van der Waals surface area contributed by atoms with Crippen LogP contribution in [0.25, 0.3) is 0 Å². The maximum atomic E-state index is 3.61. The molecule has 0 aliphatic rings. The first-order chi connectivity index (χ1) is 9.29. The zero-order chi connectivity index (χ0) is 13.5. The van der Waals surface area contributed by atoms with Gasteiger partial charge in [-0.05, 0) is 37.5 Å². The molecule has 1 aromatic heterocycles. The smallest absolute Gasteiger partial charge is 0.0361 e. The van der Waals surface area contributed by atoms with Gasteiger partial charge in [0, 0.05) is 31.0 Å². The lowest BCUT2D eigenvalue weighted by atomic mass is 10.1. The number of rotatable bonds is 7. The van der Waals surface area contributed by atoms with Crippen LogP contribution in [0.3, 0.4) is 0 Å². The fraction of sp³-hybridized carbons (Fsp3) is 0.412. The first-order valence-corrected chi connectivity index (χ1v) is 7.21. The predicted octanol–water partition coefficient (Wildman–Crippen LogP) is 3.62. The lowest BCUT2D eigenvalue weighted by Gasteiger charge is -2.15. The van der Waals surface area contributed by atoms with E-state index >= 15 is 0 Å². The van der Waals surface area contributed by atoms with Crippen molar-refractivity contribution in [3.8, 4) is 0 Å². The van der Waals surface area contributed by atoms with Crippen molar-refractivity contribution in [2.75, 3.05) is 0 Å². The monoisotopic (exact) mass is 256 g/mol. The van der Waals surface area contributed by atoms with Crippen LogP contribution in [0.2, 0.25) is 0 Å². The van der Waals surface area contributed by atoms with E-state index in [1.54, 1.807) is 0 Å². The van der Waals surface area contributed by atoms with E-state index in [4.69, 9.17) is 0 Å². The number of aryl methyl sites for hydroxylation is 1. The molecule has 0 amide bonds. The van der Waals surface area contributed by atoms with Gasteiger partial charge in [-0.2, -0.15) is 0 Å². The van der Waals surface area contributed by atoms with E-state index in [-0.39, 0.29) is 0 Å². The molecule has 2 rings (SSSR count). The van der Waals surface area contributed by atoms with Crippen molar-refractivity contribution in [2.45, 2.75) is 45.8 Å². The molecule has 0 fully saturated rings. The Kier molecular flexibility index (Phi) is 5.22. The second-order valence-electron chi connectivity index (χ2n) is 5.16. The molecule has 0 saturated heterocycles. The van der Waals surface area contributed by atoms with E-state index in [9.17, 15) is 0 Å². The van der Waals surface area contributed by atoms with Crippen molar-refractivity contribution in [1.29, 1.82) is 0 Å². The quantitative estimate of drug-likeness (QED) is 0.800. The molecular weight excluding hydrogens is 232 g/mol. The predicted molar refractivity (Wildman–Crippen MR) is 81.2 cm³/mol. The number of nitrogens with one attached hydrogen (secondary N) is 1. The van der Waals surface area contributed by atoms with Gasteiger partial charge < -0.3 is 9.88 Å². The van der Waals surface area contributed by atoms with E-state index in [0.29, 0.717) is 6.04 Å². The summed E-state index contributed by atoms with van der Waals surface area (Å²) in [6, 6.07) is 15.5. The standard InChI is InChI=1S/C17H24N2/c1-3-11-19-12-7-10-17(19)14-18-15(2)13-16-8-5-4-6-9-16/h4-10,12,15,18H,3,11,13-14H2,1-2H3. The van der Waals surface area contributed by atoms with Gasteiger partial charge in [0.25, 0.3) is 0 Å². The van der Waals surface area contributed by atoms with Gasteiger partial charge in [-0.25, -0.2) is 0 Å². The maximum Gasteiger partial charge on any atom is 0.0361 e. The molecule has 19 heavy (non-hydrogen) atoms. The largest absolute Gasteiger partial charge is 0.350 e. The van der Waals surface area contributed by atoms with Crippen LogP contribution in [0.1, 0.15) is 31.5 Å². The van der Waals surface area contributed by atoms with Gasteiger partial charge in [-0.3, -0.25) is 0 Å². The summed E-state index contributed by atoms with van der Waals surface area (Å²) >= 11 is 0. The second-order valence-corrected chi connectivity index (χ2v) is 5.16. The first kappa shape index (κ1) is 13.9. The van der Waals surface area contributed by atoms with Gasteiger partial charge in [0.05, 0.1) is 0 Å². The minimum absolute atomic E-state index is 0.493. The van der Waals surface area contributed by atoms with E-state index in [1.807, 2.05) is 0 Å². The van der Waals surface area contributed by atoms with Gasteiger partial charge >= 0.3 is 0 Å². The van der Waals surface area contributed by atoms with E-state index in [2.05, 4.69) is 72.4 Å². The number of aromatic nitrogens is 1. The Morgan fingerprint density at radius 3 is 2.63 bits per heavy atom. The molecule has 102 valence electrons. The van der Waals surface area contributed by atoms with Gasteiger partial charge in [0.15, 0.2) is 0 Å². The average molecular weight is 256 g/mol. The summed E-state index contributed by atoms with van der Waals surface area (Å²) in [7, 11) is 0. The van der Waals surface area contributed by atoms with Crippen molar-refractivity contribution < 1.29 is 0 Å². The minimum Gasteiger partial charge on any atom is -0.350 e. The van der Waals surface area contributed by atoms with Gasteiger partial charge in [-0.15, -0.1) is 0 Å². The van der Waals surface area contributed by atoms with Crippen LogP contribution in [0.4, 0.5) is 0 Å². The summed E-state index contributed by atoms with van der Waals surface area (Å²) in [4.78, 5) is 0. The Balaban J connectivity index is 1.83. The Morgan fingerprint density at radius 2 is 1.89 bits per heavy atom. The summed E-state index contributed by atoms with van der Waals surface area (Å²) in [5, 5.41) is 3.61. The van der Waals surface area contributed by atoms with Crippen molar-refractivity contribution in [2.24, 2.45) is 0 Å². The van der Waals surface area contributed by atoms with Crippen molar-refractivity contribution in [1.82, 2.24) is 9.88 Å². The second kappa shape index (κ2) is 7.15. The molecule has 0 saturated carbocycles. The molecule has 1 heterocycles. The van der Waals surface area contributed by atoms with Crippen LogP contribution >= 0.6 is 0 Å². The fourth-order valence-electron chi connectivity index (χ4n) is 2.39. The summed E-state index contributed by atoms with van der Waals surface area (Å²) in [5.74, 6) is 0. The highest BCUT2D eigenvalue weighted by Crippen LogP contribution is 2.06. The summed E-state index contributed by atoms with van der Waals surface area (Å²) in [6.45, 7) is 6.52. The first-order valence-electron chi connectivity index (χ1n) is 7.21. The zero-order valence-corrected chi connectivity index (χ0v) is 12.0. The van der Waals surface area contributed by atoms with Crippen LogP contribution in [0.5, 0.6) is 0 Å². The highest BCUT2D eigenvalue weighted by molar-refractivity contribution is 5.15. The van der Waals surface area contributed by atoms with Crippen LogP contribution in [-0.2, 0) is 19.5 Å². The van der Waals surface area contributed by atoms with Crippen molar-refractivity contribution >= 4 is 0 Å². The minimum atomic E-state index is 0.493. The van der Waals surface area contributed by atoms with Crippen LogP contribution in [0, 0.1) is 0 Å². The fourth-order valence-corrected chi connectivity index (χ4v) is 2.39. The number of nitrogens with zero attached hydrogens (tertiary/aromatic N) is 1. The van der Waals surface area contributed by atoms with Crippen molar-refractivity contribution in [3.63, 3.8) is 0 Å². The normalized spacial score (nSPS) is 12.5. The Bertz CT molecular complexity index is 473. The molecule has 1 aromatic carbocycles. The summed E-state index contributed by atoms with van der Waals surface area (Å²) in [6.07, 6.45) is 4.43. The molecular formula is C17H24N2. The lowest BCUT2D eigenvalue weighted by Crippen LogP contribution is -2.28. The number of benzene rings is 1. The maximum absolute atomic E-state index is 3.61. The third-order valence-electron chi connectivity index (χ3n) is 3.40. The van der Waals surface area contributed by atoms with Crippen molar-refractivity contribution in [3.05, 3.63) is 59.9 Å². The molecule has 0 spiro atoms. The SMILES string of the molecule is CCCn1cccc1CNC(C)Cc1ccccc1. The summed E-state index contributed by atoms with van der Waals surface area (Å²) < 4.78 is 2.34. The third-order valence-corrected chi connectivity index (χ3v) is 3.40. The highest BCUT2D eigenvalue weighted by atomic mass is 15.0. The topological polar surface area (TPSA) is 17.0 Å². The molecule has 0 bridgehead atoms. The average Bonchev–Trinajstić information content (AvgIpc) is 2.85. The van der Waals surface area contributed by atoms with Gasteiger partial charge in [-0.1, -0.05) is 37.3 Å². The third kappa shape index (κ3) is 4.25. The van der Waals surface area contributed by atoms with Gasteiger partial charge in [0.1, 0.15) is 0 Å². The van der Waals surface area contributed by atoms with E-state index in [1.165, 1.54) is 17.7 Å². The highest BCUT2D eigenvalue weighted by Gasteiger charge is 2.05. The molecule has 1 unspecified atom stereocenters.